The normalized spacial score (nSPS) is 14.6. The van der Waals surface area contributed by atoms with Crippen molar-refractivity contribution in [3.63, 3.8) is 0 Å². The number of H-pyrrole nitrogens is 1. The van der Waals surface area contributed by atoms with Gasteiger partial charge in [0, 0.05) is 42.3 Å². The van der Waals surface area contributed by atoms with E-state index in [-0.39, 0.29) is 5.91 Å². The van der Waals surface area contributed by atoms with Crippen LogP contribution in [0.1, 0.15) is 11.1 Å². The Kier molecular flexibility index (Phi) is 4.39. The van der Waals surface area contributed by atoms with Crippen LogP contribution >= 0.6 is 0 Å². The smallest absolute Gasteiger partial charge is 0.234 e. The van der Waals surface area contributed by atoms with E-state index in [2.05, 4.69) is 21.3 Å². The highest BCUT2D eigenvalue weighted by Gasteiger charge is 2.17. The maximum atomic E-state index is 12.4. The zero-order valence-corrected chi connectivity index (χ0v) is 14.0. The van der Waals surface area contributed by atoms with Gasteiger partial charge in [-0.1, -0.05) is 30.3 Å². The van der Waals surface area contributed by atoms with Crippen molar-refractivity contribution < 1.29 is 9.53 Å². The topological polar surface area (TPSA) is 57.4 Å². The van der Waals surface area contributed by atoms with Gasteiger partial charge in [-0.3, -0.25) is 9.69 Å². The van der Waals surface area contributed by atoms with Gasteiger partial charge >= 0.3 is 0 Å². The fourth-order valence-corrected chi connectivity index (χ4v) is 3.27. The molecular weight excluding hydrogens is 314 g/mol. The summed E-state index contributed by atoms with van der Waals surface area (Å²) in [5.74, 6) is 0.955. The van der Waals surface area contributed by atoms with Crippen molar-refractivity contribution in [3.05, 3.63) is 65.9 Å². The van der Waals surface area contributed by atoms with Gasteiger partial charge < -0.3 is 15.0 Å². The first-order chi connectivity index (χ1) is 12.3. The van der Waals surface area contributed by atoms with Crippen LogP contribution in [0.5, 0.6) is 5.75 Å². The van der Waals surface area contributed by atoms with E-state index in [1.165, 1.54) is 0 Å². The van der Waals surface area contributed by atoms with Crippen LogP contribution in [0.3, 0.4) is 0 Å². The second-order valence-electron chi connectivity index (χ2n) is 6.30. The summed E-state index contributed by atoms with van der Waals surface area (Å²) in [6.45, 7) is 3.00. The Morgan fingerprint density at radius 3 is 3.04 bits per heavy atom. The van der Waals surface area contributed by atoms with Gasteiger partial charge in [-0.2, -0.15) is 0 Å². The first-order valence-electron chi connectivity index (χ1n) is 8.54. The Balaban J connectivity index is 1.37. The molecule has 0 bridgehead atoms. The molecule has 1 aliphatic rings. The number of carbonyl (C=O) groups excluding carboxylic acids is 1. The molecule has 128 valence electrons. The number of rotatable bonds is 4. The second kappa shape index (κ2) is 6.99. The highest BCUT2D eigenvalue weighted by Crippen LogP contribution is 2.22. The minimum absolute atomic E-state index is 0.0342. The number of nitrogens with zero attached hydrogens (tertiary/aromatic N) is 1. The van der Waals surface area contributed by atoms with E-state index < -0.39 is 0 Å². The summed E-state index contributed by atoms with van der Waals surface area (Å²) in [6.07, 6.45) is 1.92. The van der Waals surface area contributed by atoms with Gasteiger partial charge in [0.25, 0.3) is 0 Å². The van der Waals surface area contributed by atoms with Gasteiger partial charge in [-0.05, 0) is 23.8 Å². The van der Waals surface area contributed by atoms with E-state index in [4.69, 9.17) is 4.74 Å². The fourth-order valence-electron chi connectivity index (χ4n) is 3.27. The molecular formula is C20H21N3O2. The molecule has 0 saturated carbocycles. The third-order valence-corrected chi connectivity index (χ3v) is 4.56. The molecule has 0 saturated heterocycles. The number of aromatic amines is 1. The summed E-state index contributed by atoms with van der Waals surface area (Å²) in [5.41, 5.74) is 3.34. The molecule has 4 rings (SSSR count). The molecule has 0 fully saturated rings. The van der Waals surface area contributed by atoms with Crippen molar-refractivity contribution in [1.29, 1.82) is 0 Å². The molecule has 0 aliphatic carbocycles. The van der Waals surface area contributed by atoms with E-state index in [0.717, 1.165) is 40.9 Å². The van der Waals surface area contributed by atoms with Crippen LogP contribution in [0.25, 0.3) is 10.9 Å². The van der Waals surface area contributed by atoms with Crippen molar-refractivity contribution in [2.45, 2.75) is 13.1 Å². The Morgan fingerprint density at radius 1 is 1.16 bits per heavy atom. The summed E-state index contributed by atoms with van der Waals surface area (Å²) < 4.78 is 5.75. The van der Waals surface area contributed by atoms with Crippen molar-refractivity contribution in [1.82, 2.24) is 15.2 Å². The number of aromatic nitrogens is 1. The zero-order valence-electron chi connectivity index (χ0n) is 14.0. The van der Waals surface area contributed by atoms with Gasteiger partial charge in [0.05, 0.1) is 6.54 Å². The lowest BCUT2D eigenvalue weighted by atomic mass is 10.1. The molecule has 2 heterocycles. The standard InChI is InChI=1S/C20H21N3O2/c24-20(22-12-15-5-3-6-18-17(15)8-9-21-18)14-23-10-11-25-19-7-2-1-4-16(19)13-23/h1-9,21H,10-14H2,(H,22,24). The van der Waals surface area contributed by atoms with Crippen molar-refractivity contribution >= 4 is 16.8 Å². The van der Waals surface area contributed by atoms with E-state index in [1.807, 2.05) is 48.7 Å². The molecule has 0 atom stereocenters. The zero-order chi connectivity index (χ0) is 17.1. The van der Waals surface area contributed by atoms with Crippen LogP contribution in [-0.2, 0) is 17.9 Å². The number of para-hydroxylation sites is 1. The monoisotopic (exact) mass is 335 g/mol. The summed E-state index contributed by atoms with van der Waals surface area (Å²) in [7, 11) is 0. The minimum atomic E-state index is 0.0342. The Hall–Kier alpha value is -2.79. The van der Waals surface area contributed by atoms with E-state index >= 15 is 0 Å². The van der Waals surface area contributed by atoms with Crippen LogP contribution in [0.4, 0.5) is 0 Å². The predicted molar refractivity (Wildman–Crippen MR) is 97.4 cm³/mol. The summed E-state index contributed by atoms with van der Waals surface area (Å²) in [6, 6.07) is 16.1. The van der Waals surface area contributed by atoms with E-state index in [0.29, 0.717) is 19.7 Å². The highest BCUT2D eigenvalue weighted by atomic mass is 16.5. The Morgan fingerprint density at radius 2 is 2.08 bits per heavy atom. The minimum Gasteiger partial charge on any atom is -0.492 e. The van der Waals surface area contributed by atoms with Gasteiger partial charge in [0.2, 0.25) is 5.91 Å². The molecule has 2 aromatic carbocycles. The van der Waals surface area contributed by atoms with E-state index in [9.17, 15) is 4.79 Å². The SMILES string of the molecule is O=C(CN1CCOc2ccccc2C1)NCc1cccc2[nH]ccc12. The lowest BCUT2D eigenvalue weighted by molar-refractivity contribution is -0.122. The molecule has 0 radical (unpaired) electrons. The molecule has 3 aromatic rings. The third kappa shape index (κ3) is 3.51. The number of fused-ring (bicyclic) bond motifs is 2. The highest BCUT2D eigenvalue weighted by molar-refractivity contribution is 5.84. The maximum absolute atomic E-state index is 12.4. The summed E-state index contributed by atoms with van der Waals surface area (Å²) in [4.78, 5) is 17.7. The van der Waals surface area contributed by atoms with Crippen LogP contribution in [0.15, 0.2) is 54.7 Å². The molecule has 1 amide bonds. The number of nitrogens with one attached hydrogen (secondary N) is 2. The third-order valence-electron chi connectivity index (χ3n) is 4.56. The Labute approximate surface area is 146 Å². The maximum Gasteiger partial charge on any atom is 0.234 e. The lowest BCUT2D eigenvalue weighted by Crippen LogP contribution is -2.37. The Bertz CT molecular complexity index is 887. The lowest BCUT2D eigenvalue weighted by Gasteiger charge is -2.18. The first-order valence-corrected chi connectivity index (χ1v) is 8.54. The average Bonchev–Trinajstić information content (AvgIpc) is 3.01. The van der Waals surface area contributed by atoms with E-state index in [1.54, 1.807) is 0 Å². The van der Waals surface area contributed by atoms with Crippen molar-refractivity contribution in [3.8, 4) is 5.75 Å². The predicted octanol–water partition coefficient (Wildman–Crippen LogP) is 2.68. The molecule has 0 spiro atoms. The number of benzene rings is 2. The van der Waals surface area contributed by atoms with Gasteiger partial charge in [-0.25, -0.2) is 0 Å². The van der Waals surface area contributed by atoms with Gasteiger partial charge in [0.1, 0.15) is 12.4 Å². The number of hydrogen-bond donors (Lipinski definition) is 2. The molecule has 5 heteroatoms. The van der Waals surface area contributed by atoms with Crippen LogP contribution in [-0.4, -0.2) is 35.5 Å². The second-order valence-corrected chi connectivity index (χ2v) is 6.30. The van der Waals surface area contributed by atoms with Crippen LogP contribution in [0, 0.1) is 0 Å². The number of hydrogen-bond acceptors (Lipinski definition) is 3. The molecule has 5 nitrogen and oxygen atoms in total. The summed E-state index contributed by atoms with van der Waals surface area (Å²) >= 11 is 0. The van der Waals surface area contributed by atoms with Gasteiger partial charge in [0.15, 0.2) is 0 Å². The van der Waals surface area contributed by atoms with Crippen LogP contribution < -0.4 is 10.1 Å². The van der Waals surface area contributed by atoms with Crippen molar-refractivity contribution in [2.24, 2.45) is 0 Å². The number of ether oxygens (including phenoxy) is 1. The molecule has 1 aliphatic heterocycles. The fraction of sp³-hybridized carbons (Fsp3) is 0.250. The molecule has 25 heavy (non-hydrogen) atoms. The van der Waals surface area contributed by atoms with Crippen molar-refractivity contribution in [2.75, 3.05) is 19.7 Å². The number of carbonyl (C=O) groups is 1. The number of amides is 1. The molecule has 0 unspecified atom stereocenters. The molecule has 2 N–H and O–H groups in total. The first kappa shape index (κ1) is 15.7. The molecule has 1 aromatic heterocycles. The van der Waals surface area contributed by atoms with Crippen LogP contribution in [0.2, 0.25) is 0 Å². The summed E-state index contributed by atoms with van der Waals surface area (Å²) in [5, 5.41) is 4.19. The largest absolute Gasteiger partial charge is 0.492 e. The average molecular weight is 335 g/mol. The quantitative estimate of drug-likeness (QED) is 0.771. The van der Waals surface area contributed by atoms with Gasteiger partial charge in [-0.15, -0.1) is 0 Å².